The van der Waals surface area contributed by atoms with Gasteiger partial charge in [0.15, 0.2) is 9.84 Å². The molecule has 1 saturated heterocycles. The topological polar surface area (TPSA) is 109 Å². The van der Waals surface area contributed by atoms with E-state index in [0.29, 0.717) is 23.4 Å². The summed E-state index contributed by atoms with van der Waals surface area (Å²) >= 11 is 0. The van der Waals surface area contributed by atoms with Crippen molar-refractivity contribution in [2.24, 2.45) is 0 Å². The second-order valence-electron chi connectivity index (χ2n) is 8.56. The SMILES string of the molecule is COc1ccc(F)cc1-c1ccnc2[nH]c(C3=CCN(S(=O)(=O)C4CCS(=O)(=O)C4)CC3)cc12. The third-order valence-electron chi connectivity index (χ3n) is 6.47. The van der Waals surface area contributed by atoms with Crippen molar-refractivity contribution >= 4 is 36.5 Å². The molecular weight excluding hydrogens is 481 g/mol. The standard InChI is InChI=1S/C23H24FN3O5S2/c1-32-22-3-2-16(24)12-19(22)18-4-8-25-23-20(18)13-21(26-23)15-5-9-27(10-6-15)34(30,31)17-7-11-33(28,29)14-17/h2-5,8,12-13,17H,6-7,9-11,14H2,1H3,(H,25,26). The summed E-state index contributed by atoms with van der Waals surface area (Å²) in [6, 6.07) is 8.08. The van der Waals surface area contributed by atoms with Crippen molar-refractivity contribution in [3.8, 4) is 16.9 Å². The molecule has 1 fully saturated rings. The second kappa shape index (κ2) is 8.47. The van der Waals surface area contributed by atoms with Gasteiger partial charge in [-0.15, -0.1) is 0 Å². The summed E-state index contributed by atoms with van der Waals surface area (Å²) in [5, 5.41) is -0.0676. The van der Waals surface area contributed by atoms with Crippen LogP contribution in [0.15, 0.2) is 42.6 Å². The van der Waals surface area contributed by atoms with Crippen molar-refractivity contribution in [2.45, 2.75) is 18.1 Å². The zero-order chi connectivity index (χ0) is 24.1. The molecule has 2 aromatic heterocycles. The number of H-pyrrole nitrogens is 1. The predicted molar refractivity (Wildman–Crippen MR) is 128 cm³/mol. The molecule has 2 aliphatic rings. The fourth-order valence-corrected chi connectivity index (χ4v) is 9.13. The van der Waals surface area contributed by atoms with Crippen LogP contribution < -0.4 is 4.74 Å². The van der Waals surface area contributed by atoms with Gasteiger partial charge < -0.3 is 9.72 Å². The predicted octanol–water partition coefficient (Wildman–Crippen LogP) is 2.98. The zero-order valence-electron chi connectivity index (χ0n) is 18.5. The lowest BCUT2D eigenvalue weighted by molar-refractivity contribution is 0.415. The van der Waals surface area contributed by atoms with Crippen LogP contribution in [0.5, 0.6) is 5.75 Å². The molecular formula is C23H24FN3O5S2. The number of benzene rings is 1. The summed E-state index contributed by atoms with van der Waals surface area (Å²) in [5.41, 5.74) is 3.77. The first-order valence-electron chi connectivity index (χ1n) is 10.9. The number of aromatic amines is 1. The fourth-order valence-electron chi connectivity index (χ4n) is 4.66. The van der Waals surface area contributed by atoms with Gasteiger partial charge in [0.25, 0.3) is 0 Å². The molecule has 4 heterocycles. The number of hydrogen-bond donors (Lipinski definition) is 1. The van der Waals surface area contributed by atoms with E-state index in [9.17, 15) is 21.2 Å². The van der Waals surface area contributed by atoms with Crippen molar-refractivity contribution in [1.29, 1.82) is 0 Å². The van der Waals surface area contributed by atoms with E-state index >= 15 is 0 Å². The van der Waals surface area contributed by atoms with E-state index in [1.807, 2.05) is 12.1 Å². The summed E-state index contributed by atoms with van der Waals surface area (Å²) in [6.45, 7) is 0.458. The minimum atomic E-state index is -3.68. The fraction of sp³-hybridized carbons (Fsp3) is 0.348. The lowest BCUT2D eigenvalue weighted by Gasteiger charge is -2.27. The van der Waals surface area contributed by atoms with Crippen LogP contribution in [0.4, 0.5) is 4.39 Å². The maximum absolute atomic E-state index is 14.0. The number of methoxy groups -OCH3 is 1. The molecule has 0 saturated carbocycles. The molecule has 0 spiro atoms. The van der Waals surface area contributed by atoms with Crippen LogP contribution in [0.1, 0.15) is 18.5 Å². The van der Waals surface area contributed by atoms with Gasteiger partial charge in [-0.25, -0.2) is 26.2 Å². The van der Waals surface area contributed by atoms with E-state index < -0.39 is 25.1 Å². The molecule has 1 atom stereocenters. The van der Waals surface area contributed by atoms with Gasteiger partial charge in [-0.1, -0.05) is 6.08 Å². The molecule has 34 heavy (non-hydrogen) atoms. The van der Waals surface area contributed by atoms with Gasteiger partial charge >= 0.3 is 0 Å². The number of halogens is 1. The first-order chi connectivity index (χ1) is 16.2. The van der Waals surface area contributed by atoms with Crippen molar-refractivity contribution in [3.05, 3.63) is 54.1 Å². The van der Waals surface area contributed by atoms with Crippen molar-refractivity contribution in [1.82, 2.24) is 14.3 Å². The van der Waals surface area contributed by atoms with Gasteiger partial charge in [0.1, 0.15) is 17.2 Å². The van der Waals surface area contributed by atoms with Crippen LogP contribution >= 0.6 is 0 Å². The number of sulfonamides is 1. The lowest BCUT2D eigenvalue weighted by atomic mass is 10.0. The van der Waals surface area contributed by atoms with E-state index in [1.54, 1.807) is 18.3 Å². The van der Waals surface area contributed by atoms with Gasteiger partial charge in [0.05, 0.1) is 23.9 Å². The largest absolute Gasteiger partial charge is 0.496 e. The normalized spacial score (nSPS) is 21.0. The number of nitrogens with zero attached hydrogens (tertiary/aromatic N) is 2. The molecule has 8 nitrogen and oxygen atoms in total. The molecule has 1 unspecified atom stereocenters. The average molecular weight is 506 g/mol. The van der Waals surface area contributed by atoms with Gasteiger partial charge in [-0.3, -0.25) is 0 Å². The Morgan fingerprint density at radius 1 is 1.21 bits per heavy atom. The van der Waals surface area contributed by atoms with E-state index in [0.717, 1.165) is 22.2 Å². The van der Waals surface area contributed by atoms with Crippen LogP contribution in [-0.4, -0.2) is 68.1 Å². The molecule has 0 bridgehead atoms. The number of rotatable bonds is 5. The summed E-state index contributed by atoms with van der Waals surface area (Å²) in [6.07, 6.45) is 4.11. The Bertz CT molecular complexity index is 1510. The highest BCUT2D eigenvalue weighted by molar-refractivity contribution is 7.95. The summed E-state index contributed by atoms with van der Waals surface area (Å²) < 4.78 is 70.1. The van der Waals surface area contributed by atoms with Gasteiger partial charge in [0.2, 0.25) is 10.0 Å². The minimum absolute atomic E-state index is 0.0771. The number of pyridine rings is 1. The van der Waals surface area contributed by atoms with Crippen LogP contribution in [-0.2, 0) is 19.9 Å². The number of ether oxygens (including phenoxy) is 1. The maximum Gasteiger partial charge on any atom is 0.218 e. The molecule has 180 valence electrons. The quantitative estimate of drug-likeness (QED) is 0.571. The zero-order valence-corrected chi connectivity index (χ0v) is 20.1. The Hall–Kier alpha value is -2.76. The van der Waals surface area contributed by atoms with Crippen LogP contribution in [0.25, 0.3) is 27.7 Å². The van der Waals surface area contributed by atoms with E-state index in [2.05, 4.69) is 9.97 Å². The number of nitrogens with one attached hydrogen (secondary N) is 1. The van der Waals surface area contributed by atoms with Gasteiger partial charge in [-0.2, -0.15) is 4.31 Å². The van der Waals surface area contributed by atoms with Gasteiger partial charge in [0, 0.05) is 35.9 Å². The third kappa shape index (κ3) is 4.12. The van der Waals surface area contributed by atoms with Crippen LogP contribution in [0.2, 0.25) is 0 Å². The first-order valence-corrected chi connectivity index (χ1v) is 14.2. The Morgan fingerprint density at radius 2 is 2.03 bits per heavy atom. The monoisotopic (exact) mass is 505 g/mol. The Balaban J connectivity index is 1.44. The van der Waals surface area contributed by atoms with Gasteiger partial charge in [-0.05, 0) is 54.3 Å². The van der Waals surface area contributed by atoms with Crippen molar-refractivity contribution in [2.75, 3.05) is 31.7 Å². The Morgan fingerprint density at radius 3 is 2.71 bits per heavy atom. The number of aromatic nitrogens is 2. The maximum atomic E-state index is 14.0. The van der Waals surface area contributed by atoms with Crippen molar-refractivity contribution < 1.29 is 26.0 Å². The van der Waals surface area contributed by atoms with Crippen LogP contribution in [0.3, 0.4) is 0 Å². The molecule has 2 aliphatic heterocycles. The molecule has 11 heteroatoms. The molecule has 1 N–H and O–H groups in total. The highest BCUT2D eigenvalue weighted by atomic mass is 32.2. The third-order valence-corrected chi connectivity index (χ3v) is 10.7. The smallest absolute Gasteiger partial charge is 0.218 e. The van der Waals surface area contributed by atoms with Crippen LogP contribution in [0, 0.1) is 5.82 Å². The lowest BCUT2D eigenvalue weighted by Crippen LogP contribution is -2.41. The molecule has 3 aromatic rings. The van der Waals surface area contributed by atoms with E-state index in [-0.39, 0.29) is 36.8 Å². The number of hydrogen-bond acceptors (Lipinski definition) is 6. The number of sulfone groups is 1. The minimum Gasteiger partial charge on any atom is -0.496 e. The Kier molecular flexibility index (Phi) is 5.73. The molecule has 0 aliphatic carbocycles. The highest BCUT2D eigenvalue weighted by Gasteiger charge is 2.40. The summed E-state index contributed by atoms with van der Waals surface area (Å²) in [5.74, 6) is -0.208. The molecule has 0 radical (unpaired) electrons. The second-order valence-corrected chi connectivity index (χ2v) is 13.0. The molecule has 5 rings (SSSR count). The molecule has 1 aromatic carbocycles. The summed E-state index contributed by atoms with van der Waals surface area (Å²) in [7, 11) is -5.43. The van der Waals surface area contributed by atoms with E-state index in [1.165, 1.54) is 23.5 Å². The Labute approximate surface area is 197 Å². The molecule has 0 amide bonds. The number of fused-ring (bicyclic) bond motifs is 1. The van der Waals surface area contributed by atoms with E-state index in [4.69, 9.17) is 4.74 Å². The average Bonchev–Trinajstić information content (AvgIpc) is 3.42. The summed E-state index contributed by atoms with van der Waals surface area (Å²) in [4.78, 5) is 7.69. The highest BCUT2D eigenvalue weighted by Crippen LogP contribution is 2.37. The first kappa shape index (κ1) is 23.0. The van der Waals surface area contributed by atoms with Crippen molar-refractivity contribution in [3.63, 3.8) is 0 Å².